The standard InChI is InChI=1S/C19H24N2O/c1-15(2)22-19-10-6-4-8-17(19)20-12-14-21-13-11-16-7-3-5-9-18(16)21/h3-10,15,20H,11-14H2,1-2H3. The number of para-hydroxylation sites is 3. The zero-order valence-electron chi connectivity index (χ0n) is 13.4. The van der Waals surface area contributed by atoms with Gasteiger partial charge in [-0.2, -0.15) is 0 Å². The first-order valence-electron chi connectivity index (χ1n) is 8.06. The van der Waals surface area contributed by atoms with Crippen molar-refractivity contribution in [3.8, 4) is 5.75 Å². The summed E-state index contributed by atoms with van der Waals surface area (Å²) in [5.41, 5.74) is 3.92. The van der Waals surface area contributed by atoms with Gasteiger partial charge in [0.25, 0.3) is 0 Å². The normalized spacial score (nSPS) is 13.3. The zero-order valence-corrected chi connectivity index (χ0v) is 13.4. The lowest BCUT2D eigenvalue weighted by molar-refractivity contribution is 0.243. The van der Waals surface area contributed by atoms with Crippen molar-refractivity contribution >= 4 is 11.4 Å². The summed E-state index contributed by atoms with van der Waals surface area (Å²) in [6.45, 7) is 7.14. The molecule has 0 amide bonds. The van der Waals surface area contributed by atoms with Crippen molar-refractivity contribution in [3.05, 3.63) is 54.1 Å². The van der Waals surface area contributed by atoms with E-state index in [0.717, 1.165) is 37.5 Å². The zero-order chi connectivity index (χ0) is 15.4. The van der Waals surface area contributed by atoms with Crippen molar-refractivity contribution in [1.82, 2.24) is 0 Å². The fourth-order valence-electron chi connectivity index (χ4n) is 2.93. The monoisotopic (exact) mass is 296 g/mol. The first kappa shape index (κ1) is 14.8. The Morgan fingerprint density at radius 2 is 1.86 bits per heavy atom. The second kappa shape index (κ2) is 6.73. The molecule has 0 fully saturated rings. The third-order valence-electron chi connectivity index (χ3n) is 3.93. The fraction of sp³-hybridized carbons (Fsp3) is 0.368. The van der Waals surface area contributed by atoms with E-state index in [1.54, 1.807) is 0 Å². The van der Waals surface area contributed by atoms with Crippen molar-refractivity contribution in [2.24, 2.45) is 0 Å². The van der Waals surface area contributed by atoms with Crippen LogP contribution in [0.1, 0.15) is 19.4 Å². The molecule has 0 bridgehead atoms. The Bertz CT molecular complexity index is 624. The van der Waals surface area contributed by atoms with Crippen LogP contribution in [0.5, 0.6) is 5.75 Å². The molecule has 3 rings (SSSR count). The van der Waals surface area contributed by atoms with E-state index in [4.69, 9.17) is 4.74 Å². The highest BCUT2D eigenvalue weighted by atomic mass is 16.5. The van der Waals surface area contributed by atoms with E-state index < -0.39 is 0 Å². The molecule has 1 aliphatic rings. The number of hydrogen-bond donors (Lipinski definition) is 1. The molecule has 0 spiro atoms. The molecule has 22 heavy (non-hydrogen) atoms. The van der Waals surface area contributed by atoms with Crippen LogP contribution in [-0.2, 0) is 6.42 Å². The van der Waals surface area contributed by atoms with Crippen LogP contribution in [-0.4, -0.2) is 25.7 Å². The van der Waals surface area contributed by atoms with Gasteiger partial charge in [-0.15, -0.1) is 0 Å². The number of ether oxygens (including phenoxy) is 1. The van der Waals surface area contributed by atoms with Gasteiger partial charge >= 0.3 is 0 Å². The number of anilines is 2. The summed E-state index contributed by atoms with van der Waals surface area (Å²) < 4.78 is 5.85. The summed E-state index contributed by atoms with van der Waals surface area (Å²) >= 11 is 0. The summed E-state index contributed by atoms with van der Waals surface area (Å²) in [6.07, 6.45) is 1.34. The lowest BCUT2D eigenvalue weighted by Gasteiger charge is -2.21. The van der Waals surface area contributed by atoms with Crippen LogP contribution in [0, 0.1) is 0 Å². The quantitative estimate of drug-likeness (QED) is 0.873. The minimum absolute atomic E-state index is 0.188. The predicted molar refractivity (Wildman–Crippen MR) is 93.1 cm³/mol. The molecule has 0 aromatic heterocycles. The van der Waals surface area contributed by atoms with Crippen molar-refractivity contribution in [1.29, 1.82) is 0 Å². The first-order valence-corrected chi connectivity index (χ1v) is 8.06. The lowest BCUT2D eigenvalue weighted by Crippen LogP contribution is -2.27. The highest BCUT2D eigenvalue weighted by molar-refractivity contribution is 5.59. The van der Waals surface area contributed by atoms with Crippen LogP contribution in [0.2, 0.25) is 0 Å². The maximum Gasteiger partial charge on any atom is 0.142 e. The predicted octanol–water partition coefficient (Wildman–Crippen LogP) is 3.95. The van der Waals surface area contributed by atoms with Gasteiger partial charge in [0, 0.05) is 25.3 Å². The van der Waals surface area contributed by atoms with Crippen LogP contribution in [0.25, 0.3) is 0 Å². The number of rotatable bonds is 6. The molecule has 0 radical (unpaired) electrons. The molecule has 0 aliphatic carbocycles. The smallest absolute Gasteiger partial charge is 0.142 e. The number of nitrogens with one attached hydrogen (secondary N) is 1. The molecule has 1 aliphatic heterocycles. The molecule has 0 saturated heterocycles. The van der Waals surface area contributed by atoms with E-state index in [0.29, 0.717) is 0 Å². The maximum absolute atomic E-state index is 5.85. The second-order valence-corrected chi connectivity index (χ2v) is 5.96. The van der Waals surface area contributed by atoms with Crippen LogP contribution in [0.4, 0.5) is 11.4 Å². The molecule has 3 nitrogen and oxygen atoms in total. The molecule has 0 unspecified atom stereocenters. The summed E-state index contributed by atoms with van der Waals surface area (Å²) in [5, 5.41) is 3.51. The summed E-state index contributed by atoms with van der Waals surface area (Å²) in [5.74, 6) is 0.930. The van der Waals surface area contributed by atoms with Crippen molar-refractivity contribution in [2.75, 3.05) is 29.9 Å². The van der Waals surface area contributed by atoms with Gasteiger partial charge in [-0.1, -0.05) is 30.3 Å². The van der Waals surface area contributed by atoms with Gasteiger partial charge in [0.15, 0.2) is 0 Å². The molecular formula is C19H24N2O. The van der Waals surface area contributed by atoms with E-state index in [9.17, 15) is 0 Å². The molecule has 2 aromatic carbocycles. The molecular weight excluding hydrogens is 272 g/mol. The Morgan fingerprint density at radius 1 is 1.09 bits per heavy atom. The van der Waals surface area contributed by atoms with Crippen LogP contribution >= 0.6 is 0 Å². The van der Waals surface area contributed by atoms with Gasteiger partial charge < -0.3 is 15.0 Å². The van der Waals surface area contributed by atoms with Crippen molar-refractivity contribution < 1.29 is 4.74 Å². The average Bonchev–Trinajstić information content (AvgIpc) is 2.92. The minimum Gasteiger partial charge on any atom is -0.489 e. The number of benzene rings is 2. The Morgan fingerprint density at radius 3 is 2.73 bits per heavy atom. The van der Waals surface area contributed by atoms with E-state index in [-0.39, 0.29) is 6.10 Å². The van der Waals surface area contributed by atoms with Gasteiger partial charge in [-0.25, -0.2) is 0 Å². The topological polar surface area (TPSA) is 24.5 Å². The molecule has 1 heterocycles. The number of fused-ring (bicyclic) bond motifs is 1. The lowest BCUT2D eigenvalue weighted by atomic mass is 10.2. The maximum atomic E-state index is 5.85. The molecule has 3 heteroatoms. The Hall–Kier alpha value is -2.16. The van der Waals surface area contributed by atoms with E-state index in [1.807, 2.05) is 18.2 Å². The Kier molecular flexibility index (Phi) is 4.52. The Balaban J connectivity index is 1.58. The molecule has 1 N–H and O–H groups in total. The first-order chi connectivity index (χ1) is 10.7. The van der Waals surface area contributed by atoms with Crippen LogP contribution < -0.4 is 15.0 Å². The third kappa shape index (κ3) is 3.35. The van der Waals surface area contributed by atoms with Gasteiger partial charge in [0.2, 0.25) is 0 Å². The fourth-order valence-corrected chi connectivity index (χ4v) is 2.93. The third-order valence-corrected chi connectivity index (χ3v) is 3.93. The van der Waals surface area contributed by atoms with E-state index >= 15 is 0 Å². The largest absolute Gasteiger partial charge is 0.489 e. The van der Waals surface area contributed by atoms with Crippen molar-refractivity contribution in [2.45, 2.75) is 26.4 Å². The molecule has 0 saturated carbocycles. The van der Waals surface area contributed by atoms with Gasteiger partial charge in [0.1, 0.15) is 5.75 Å². The van der Waals surface area contributed by atoms with Crippen LogP contribution in [0.15, 0.2) is 48.5 Å². The molecule has 0 atom stereocenters. The Labute approximate surface area is 132 Å². The number of hydrogen-bond acceptors (Lipinski definition) is 3. The number of nitrogens with zero attached hydrogens (tertiary/aromatic N) is 1. The summed E-state index contributed by atoms with van der Waals surface area (Å²) in [7, 11) is 0. The van der Waals surface area contributed by atoms with E-state index in [2.05, 4.69) is 54.4 Å². The second-order valence-electron chi connectivity index (χ2n) is 5.96. The van der Waals surface area contributed by atoms with Gasteiger partial charge in [-0.3, -0.25) is 0 Å². The average molecular weight is 296 g/mol. The summed E-state index contributed by atoms with van der Waals surface area (Å²) in [4.78, 5) is 2.45. The van der Waals surface area contributed by atoms with Crippen LogP contribution in [0.3, 0.4) is 0 Å². The molecule has 2 aromatic rings. The highest BCUT2D eigenvalue weighted by Crippen LogP contribution is 2.28. The van der Waals surface area contributed by atoms with Gasteiger partial charge in [-0.05, 0) is 44.0 Å². The van der Waals surface area contributed by atoms with E-state index in [1.165, 1.54) is 11.3 Å². The molecule has 116 valence electrons. The summed E-state index contributed by atoms with van der Waals surface area (Å²) in [6, 6.07) is 16.9. The van der Waals surface area contributed by atoms with Gasteiger partial charge in [0.05, 0.1) is 11.8 Å². The van der Waals surface area contributed by atoms with Crippen molar-refractivity contribution in [3.63, 3.8) is 0 Å². The SMILES string of the molecule is CC(C)Oc1ccccc1NCCN1CCc2ccccc21. The minimum atomic E-state index is 0.188. The highest BCUT2D eigenvalue weighted by Gasteiger charge is 2.17.